The quantitative estimate of drug-likeness (QED) is 0.810. The van der Waals surface area contributed by atoms with Crippen molar-refractivity contribution in [3.63, 3.8) is 0 Å². The minimum absolute atomic E-state index is 0.117. The van der Waals surface area contributed by atoms with Crippen LogP contribution in [-0.4, -0.2) is 11.4 Å². The van der Waals surface area contributed by atoms with Gasteiger partial charge in [-0.15, -0.1) is 0 Å². The molecule has 0 aliphatic heterocycles. The number of phenolic OH excluding ortho intramolecular Hbond substituents is 1. The van der Waals surface area contributed by atoms with Crippen LogP contribution in [-0.2, 0) is 0 Å². The average molecular weight is 234 g/mol. The number of hydrogen-bond acceptors (Lipinski definition) is 2. The monoisotopic (exact) mass is 234 g/mol. The van der Waals surface area contributed by atoms with E-state index < -0.39 is 17.4 Å². The van der Waals surface area contributed by atoms with Crippen LogP contribution in [0.2, 0.25) is 0 Å². The third-order valence-electron chi connectivity index (χ3n) is 2.43. The number of halogens is 2. The maximum atomic E-state index is 13.7. The Balaban J connectivity index is 2.57. The first kappa shape index (κ1) is 11.3. The number of rotatable bonds is 2. The van der Waals surface area contributed by atoms with Crippen LogP contribution in [0.3, 0.4) is 0 Å². The third-order valence-corrected chi connectivity index (χ3v) is 2.43. The highest BCUT2D eigenvalue weighted by molar-refractivity contribution is 5.82. The van der Waals surface area contributed by atoms with Gasteiger partial charge in [-0.3, -0.25) is 4.79 Å². The number of aromatic hydroxyl groups is 1. The summed E-state index contributed by atoms with van der Waals surface area (Å²) in [7, 11) is 0. The van der Waals surface area contributed by atoms with Crippen molar-refractivity contribution in [3.05, 3.63) is 53.6 Å². The molecule has 2 aromatic carbocycles. The van der Waals surface area contributed by atoms with Gasteiger partial charge in [0.05, 0.1) is 5.56 Å². The van der Waals surface area contributed by atoms with Crippen LogP contribution in [0.15, 0.2) is 36.4 Å². The van der Waals surface area contributed by atoms with E-state index in [2.05, 4.69) is 0 Å². The summed E-state index contributed by atoms with van der Waals surface area (Å²) in [4.78, 5) is 10.5. The van der Waals surface area contributed by atoms with Crippen LogP contribution in [0.25, 0.3) is 11.1 Å². The molecule has 0 aromatic heterocycles. The lowest BCUT2D eigenvalue weighted by molar-refractivity contribution is 0.112. The van der Waals surface area contributed by atoms with Gasteiger partial charge in [0.15, 0.2) is 17.9 Å². The van der Waals surface area contributed by atoms with Crippen LogP contribution >= 0.6 is 0 Å². The van der Waals surface area contributed by atoms with Gasteiger partial charge in [0.25, 0.3) is 0 Å². The van der Waals surface area contributed by atoms with E-state index in [1.54, 1.807) is 0 Å². The number of carbonyl (C=O) groups excluding carboxylic acids is 1. The summed E-state index contributed by atoms with van der Waals surface area (Å²) in [5, 5.41) is 9.41. The Morgan fingerprint density at radius 3 is 2.24 bits per heavy atom. The molecular formula is C13H8F2O2. The lowest BCUT2D eigenvalue weighted by Crippen LogP contribution is -1.90. The molecule has 0 atom stereocenters. The molecule has 4 heteroatoms. The van der Waals surface area contributed by atoms with Crippen LogP contribution in [0, 0.1) is 11.6 Å². The third kappa shape index (κ3) is 2.01. The normalized spacial score (nSPS) is 10.2. The molecule has 0 saturated heterocycles. The standard InChI is InChI=1S/C13H8F2O2/c14-10-4-1-8(2-5-10)11-6-3-9(7-16)13(17)12(11)15/h1-7,17H. The first-order valence-electron chi connectivity index (χ1n) is 4.86. The molecule has 2 aromatic rings. The van der Waals surface area contributed by atoms with Crippen molar-refractivity contribution >= 4 is 6.29 Å². The number of aldehydes is 1. The SMILES string of the molecule is O=Cc1ccc(-c2ccc(F)cc2)c(F)c1O. The van der Waals surface area contributed by atoms with Crippen molar-refractivity contribution in [1.82, 2.24) is 0 Å². The molecule has 0 radical (unpaired) electrons. The van der Waals surface area contributed by atoms with E-state index in [1.165, 1.54) is 36.4 Å². The Hall–Kier alpha value is -2.23. The van der Waals surface area contributed by atoms with E-state index in [-0.39, 0.29) is 11.1 Å². The van der Waals surface area contributed by atoms with E-state index in [0.29, 0.717) is 11.8 Å². The van der Waals surface area contributed by atoms with Gasteiger partial charge in [0.2, 0.25) is 0 Å². The van der Waals surface area contributed by atoms with Gasteiger partial charge in [0, 0.05) is 5.56 Å². The number of benzene rings is 2. The largest absolute Gasteiger partial charge is 0.504 e. The van der Waals surface area contributed by atoms with Gasteiger partial charge in [-0.25, -0.2) is 8.78 Å². The molecule has 0 amide bonds. The van der Waals surface area contributed by atoms with Crippen molar-refractivity contribution in [1.29, 1.82) is 0 Å². The predicted molar refractivity (Wildman–Crippen MR) is 58.8 cm³/mol. The second-order valence-corrected chi connectivity index (χ2v) is 3.49. The van der Waals surface area contributed by atoms with Crippen LogP contribution in [0.1, 0.15) is 10.4 Å². The molecule has 2 rings (SSSR count). The first-order valence-corrected chi connectivity index (χ1v) is 4.86. The van der Waals surface area contributed by atoms with Crippen molar-refractivity contribution in [2.45, 2.75) is 0 Å². The fourth-order valence-electron chi connectivity index (χ4n) is 1.53. The van der Waals surface area contributed by atoms with Crippen molar-refractivity contribution in [2.75, 3.05) is 0 Å². The van der Waals surface area contributed by atoms with Crippen LogP contribution < -0.4 is 0 Å². The number of hydrogen-bond donors (Lipinski definition) is 1. The van der Waals surface area contributed by atoms with Crippen molar-refractivity contribution in [3.8, 4) is 16.9 Å². The fourth-order valence-corrected chi connectivity index (χ4v) is 1.53. The minimum atomic E-state index is -0.888. The van der Waals surface area contributed by atoms with Gasteiger partial charge < -0.3 is 5.11 Å². The summed E-state index contributed by atoms with van der Waals surface area (Å²) in [5.74, 6) is -2.01. The molecule has 17 heavy (non-hydrogen) atoms. The summed E-state index contributed by atoms with van der Waals surface area (Å²) < 4.78 is 26.4. The van der Waals surface area contributed by atoms with Gasteiger partial charge in [0.1, 0.15) is 5.82 Å². The van der Waals surface area contributed by atoms with Crippen molar-refractivity contribution in [2.24, 2.45) is 0 Å². The summed E-state index contributed by atoms with van der Waals surface area (Å²) in [6.07, 6.45) is 0.368. The molecule has 1 N–H and O–H groups in total. The molecule has 0 unspecified atom stereocenters. The van der Waals surface area contributed by atoms with E-state index in [4.69, 9.17) is 0 Å². The predicted octanol–water partition coefficient (Wildman–Crippen LogP) is 3.15. The zero-order valence-electron chi connectivity index (χ0n) is 8.65. The van der Waals surface area contributed by atoms with E-state index in [9.17, 15) is 18.7 Å². The molecule has 0 bridgehead atoms. The van der Waals surface area contributed by atoms with E-state index in [0.717, 1.165) is 0 Å². The summed E-state index contributed by atoms with van der Waals surface area (Å²) in [5.41, 5.74) is 0.429. The average Bonchev–Trinajstić information content (AvgIpc) is 2.34. The van der Waals surface area contributed by atoms with E-state index >= 15 is 0 Å². The van der Waals surface area contributed by atoms with Crippen LogP contribution in [0.4, 0.5) is 8.78 Å². The molecular weight excluding hydrogens is 226 g/mol. The molecule has 0 aliphatic rings. The highest BCUT2D eigenvalue weighted by Crippen LogP contribution is 2.30. The molecule has 0 fully saturated rings. The zero-order valence-corrected chi connectivity index (χ0v) is 8.65. The molecule has 0 saturated carbocycles. The van der Waals surface area contributed by atoms with Gasteiger partial charge in [-0.05, 0) is 23.8 Å². The molecule has 0 spiro atoms. The highest BCUT2D eigenvalue weighted by atomic mass is 19.1. The smallest absolute Gasteiger partial charge is 0.173 e. The minimum Gasteiger partial charge on any atom is -0.504 e. The number of phenols is 1. The summed E-state index contributed by atoms with van der Waals surface area (Å²) >= 11 is 0. The maximum absolute atomic E-state index is 13.7. The van der Waals surface area contributed by atoms with Gasteiger partial charge >= 0.3 is 0 Å². The maximum Gasteiger partial charge on any atom is 0.173 e. The molecule has 86 valence electrons. The Morgan fingerprint density at radius 1 is 1.00 bits per heavy atom. The molecule has 2 nitrogen and oxygen atoms in total. The molecule has 0 heterocycles. The lowest BCUT2D eigenvalue weighted by atomic mass is 10.0. The number of carbonyl (C=O) groups is 1. The summed E-state index contributed by atoms with van der Waals surface area (Å²) in [6.45, 7) is 0. The van der Waals surface area contributed by atoms with Crippen LogP contribution in [0.5, 0.6) is 5.75 Å². The Morgan fingerprint density at radius 2 is 1.65 bits per heavy atom. The first-order chi connectivity index (χ1) is 8.13. The highest BCUT2D eigenvalue weighted by Gasteiger charge is 2.13. The zero-order chi connectivity index (χ0) is 12.4. The second-order valence-electron chi connectivity index (χ2n) is 3.49. The van der Waals surface area contributed by atoms with Gasteiger partial charge in [-0.1, -0.05) is 18.2 Å². The van der Waals surface area contributed by atoms with E-state index in [1.807, 2.05) is 0 Å². The molecule has 0 aliphatic carbocycles. The topological polar surface area (TPSA) is 37.3 Å². The summed E-state index contributed by atoms with van der Waals surface area (Å²) in [6, 6.07) is 7.86. The Kier molecular flexibility index (Phi) is 2.87. The fraction of sp³-hybridized carbons (Fsp3) is 0. The second kappa shape index (κ2) is 4.33. The Bertz CT molecular complexity index is 562. The van der Waals surface area contributed by atoms with Crippen molar-refractivity contribution < 1.29 is 18.7 Å². The van der Waals surface area contributed by atoms with Gasteiger partial charge in [-0.2, -0.15) is 0 Å². The lowest BCUT2D eigenvalue weighted by Gasteiger charge is -2.06. The Labute approximate surface area is 96.1 Å².